The lowest BCUT2D eigenvalue weighted by molar-refractivity contribution is -0.146. The fraction of sp³-hybridized carbons (Fsp3) is 0.692. The third kappa shape index (κ3) is 3.84. The summed E-state index contributed by atoms with van der Waals surface area (Å²) in [6, 6.07) is -0.435. The van der Waals surface area contributed by atoms with Gasteiger partial charge in [0.15, 0.2) is 0 Å². The van der Waals surface area contributed by atoms with Crippen LogP contribution in [0.15, 0.2) is 12.5 Å². The van der Waals surface area contributed by atoms with Gasteiger partial charge in [-0.15, -0.1) is 0 Å². The van der Waals surface area contributed by atoms with Crippen molar-refractivity contribution in [1.29, 1.82) is 0 Å². The molecule has 0 saturated carbocycles. The van der Waals surface area contributed by atoms with E-state index in [2.05, 4.69) is 24.1 Å². The number of hydrogen-bond acceptors (Lipinski definition) is 4. The van der Waals surface area contributed by atoms with Crippen LogP contribution in [0.4, 0.5) is 0 Å². The molecule has 0 amide bonds. The highest BCUT2D eigenvalue weighted by molar-refractivity contribution is 5.77. The quantitative estimate of drug-likeness (QED) is 0.752. The molecule has 0 fully saturated rings. The molecule has 102 valence electrons. The van der Waals surface area contributed by atoms with Crippen molar-refractivity contribution in [3.05, 3.63) is 18.2 Å². The van der Waals surface area contributed by atoms with Crippen molar-refractivity contribution in [3.63, 3.8) is 0 Å². The number of imidazole rings is 1. The van der Waals surface area contributed by atoms with E-state index in [1.807, 2.05) is 18.4 Å². The first-order valence-electron chi connectivity index (χ1n) is 6.50. The Morgan fingerprint density at radius 3 is 2.78 bits per heavy atom. The summed E-state index contributed by atoms with van der Waals surface area (Å²) in [5, 5.41) is 3.25. The predicted octanol–water partition coefficient (Wildman–Crippen LogP) is 1.75. The van der Waals surface area contributed by atoms with Gasteiger partial charge in [-0.1, -0.05) is 13.8 Å². The smallest absolute Gasteiger partial charge is 0.329 e. The molecule has 1 aromatic heterocycles. The molecule has 1 atom stereocenters. The van der Waals surface area contributed by atoms with Gasteiger partial charge in [-0.2, -0.15) is 0 Å². The first-order valence-corrected chi connectivity index (χ1v) is 6.50. The van der Waals surface area contributed by atoms with Gasteiger partial charge < -0.3 is 9.30 Å². The van der Waals surface area contributed by atoms with E-state index in [1.165, 1.54) is 0 Å². The summed E-state index contributed by atoms with van der Waals surface area (Å²) in [7, 11) is 0. The zero-order chi connectivity index (χ0) is 13.5. The summed E-state index contributed by atoms with van der Waals surface area (Å²) in [5.41, 5.74) is 0.858. The monoisotopic (exact) mass is 253 g/mol. The molecule has 0 aromatic carbocycles. The molecule has 0 bridgehead atoms. The van der Waals surface area contributed by atoms with Gasteiger partial charge in [-0.3, -0.25) is 5.32 Å². The molecule has 0 aliphatic heterocycles. The van der Waals surface area contributed by atoms with Crippen LogP contribution < -0.4 is 5.32 Å². The number of aromatic nitrogens is 2. The Labute approximate surface area is 109 Å². The molecule has 5 nitrogen and oxygen atoms in total. The summed E-state index contributed by atoms with van der Waals surface area (Å²) >= 11 is 0. The summed E-state index contributed by atoms with van der Waals surface area (Å²) in [5.74, 6) is 0.230. The molecule has 1 aromatic rings. The van der Waals surface area contributed by atoms with E-state index in [0.29, 0.717) is 12.5 Å². The molecule has 1 unspecified atom stereocenters. The van der Waals surface area contributed by atoms with Crippen LogP contribution in [0, 0.1) is 5.92 Å². The fourth-order valence-corrected chi connectivity index (χ4v) is 1.72. The van der Waals surface area contributed by atoms with Crippen LogP contribution in [0.3, 0.4) is 0 Å². The molecule has 18 heavy (non-hydrogen) atoms. The van der Waals surface area contributed by atoms with Crippen molar-refractivity contribution in [1.82, 2.24) is 14.9 Å². The molecule has 1 heterocycles. The maximum absolute atomic E-state index is 12.0. The van der Waals surface area contributed by atoms with Gasteiger partial charge in [-0.25, -0.2) is 9.78 Å². The van der Waals surface area contributed by atoms with Crippen molar-refractivity contribution in [3.8, 4) is 0 Å². The number of nitrogens with zero attached hydrogens (tertiary/aromatic N) is 2. The van der Waals surface area contributed by atoms with E-state index in [9.17, 15) is 4.79 Å². The average molecular weight is 253 g/mol. The first-order chi connectivity index (χ1) is 8.60. The molecule has 1 rings (SSSR count). The summed E-state index contributed by atoms with van der Waals surface area (Å²) in [6.45, 7) is 9.98. The zero-order valence-electron chi connectivity index (χ0n) is 11.6. The van der Waals surface area contributed by atoms with E-state index < -0.39 is 6.04 Å². The van der Waals surface area contributed by atoms with Crippen LogP contribution in [0.2, 0.25) is 0 Å². The predicted molar refractivity (Wildman–Crippen MR) is 70.1 cm³/mol. The molecule has 0 saturated heterocycles. The minimum atomic E-state index is -0.435. The van der Waals surface area contributed by atoms with E-state index in [4.69, 9.17) is 4.74 Å². The second-order valence-electron chi connectivity index (χ2n) is 4.59. The minimum absolute atomic E-state index is 0.242. The molecule has 5 heteroatoms. The molecular formula is C13H23N3O2. The van der Waals surface area contributed by atoms with Gasteiger partial charge in [-0.05, 0) is 26.3 Å². The van der Waals surface area contributed by atoms with Gasteiger partial charge >= 0.3 is 5.97 Å². The van der Waals surface area contributed by atoms with Crippen molar-refractivity contribution >= 4 is 5.97 Å². The van der Waals surface area contributed by atoms with Crippen molar-refractivity contribution in [2.45, 2.75) is 40.3 Å². The molecule has 0 spiro atoms. The SMILES string of the molecule is CCOC(=O)C(NCC(C)C)c1cncn1CC. The highest BCUT2D eigenvalue weighted by atomic mass is 16.5. The number of ether oxygens (including phenoxy) is 1. The minimum Gasteiger partial charge on any atom is -0.465 e. The number of aryl methyl sites for hydroxylation is 1. The highest BCUT2D eigenvalue weighted by Gasteiger charge is 2.24. The number of rotatable bonds is 7. The van der Waals surface area contributed by atoms with E-state index in [-0.39, 0.29) is 5.97 Å². The van der Waals surface area contributed by atoms with Crippen molar-refractivity contribution in [2.24, 2.45) is 5.92 Å². The lowest BCUT2D eigenvalue weighted by Gasteiger charge is -2.19. The molecular weight excluding hydrogens is 230 g/mol. The van der Waals surface area contributed by atoms with E-state index in [1.54, 1.807) is 12.5 Å². The lowest BCUT2D eigenvalue weighted by Crippen LogP contribution is -2.34. The van der Waals surface area contributed by atoms with E-state index >= 15 is 0 Å². The Balaban J connectivity index is 2.85. The third-order valence-corrected chi connectivity index (χ3v) is 2.63. The van der Waals surface area contributed by atoms with Gasteiger partial charge in [0.1, 0.15) is 6.04 Å². The standard InChI is InChI=1S/C13H23N3O2/c1-5-16-9-14-8-11(16)12(13(17)18-6-2)15-7-10(3)4/h8-10,12,15H,5-7H2,1-4H3. The fourth-order valence-electron chi connectivity index (χ4n) is 1.72. The van der Waals surface area contributed by atoms with Gasteiger partial charge in [0.25, 0.3) is 0 Å². The third-order valence-electron chi connectivity index (χ3n) is 2.63. The largest absolute Gasteiger partial charge is 0.465 e. The molecule has 0 aliphatic rings. The van der Waals surface area contributed by atoms with Crippen LogP contribution in [0.25, 0.3) is 0 Å². The second kappa shape index (κ2) is 7.16. The number of esters is 1. The normalized spacial score (nSPS) is 12.7. The number of nitrogens with one attached hydrogen (secondary N) is 1. The highest BCUT2D eigenvalue weighted by Crippen LogP contribution is 2.15. The Bertz CT molecular complexity index is 374. The Morgan fingerprint density at radius 1 is 1.50 bits per heavy atom. The Kier molecular flexibility index (Phi) is 5.85. The zero-order valence-corrected chi connectivity index (χ0v) is 11.6. The summed E-state index contributed by atoms with van der Waals surface area (Å²) in [6.07, 6.45) is 3.46. The number of carbonyl (C=O) groups excluding carboxylic acids is 1. The van der Waals surface area contributed by atoms with Gasteiger partial charge in [0, 0.05) is 6.54 Å². The molecule has 0 aliphatic carbocycles. The first kappa shape index (κ1) is 14.7. The van der Waals surface area contributed by atoms with Crippen molar-refractivity contribution in [2.75, 3.05) is 13.2 Å². The van der Waals surface area contributed by atoms with Crippen LogP contribution >= 0.6 is 0 Å². The van der Waals surface area contributed by atoms with Crippen LogP contribution in [0.5, 0.6) is 0 Å². The average Bonchev–Trinajstić information content (AvgIpc) is 2.77. The topological polar surface area (TPSA) is 56.1 Å². The Morgan fingerprint density at radius 2 is 2.22 bits per heavy atom. The maximum atomic E-state index is 12.0. The van der Waals surface area contributed by atoms with Crippen LogP contribution in [-0.2, 0) is 16.1 Å². The number of hydrogen-bond donors (Lipinski definition) is 1. The molecule has 1 N–H and O–H groups in total. The second-order valence-corrected chi connectivity index (χ2v) is 4.59. The number of carbonyl (C=O) groups is 1. The van der Waals surface area contributed by atoms with Crippen LogP contribution in [0.1, 0.15) is 39.4 Å². The van der Waals surface area contributed by atoms with E-state index in [0.717, 1.165) is 18.8 Å². The summed E-state index contributed by atoms with van der Waals surface area (Å²) in [4.78, 5) is 16.1. The summed E-state index contributed by atoms with van der Waals surface area (Å²) < 4.78 is 7.07. The van der Waals surface area contributed by atoms with Crippen molar-refractivity contribution < 1.29 is 9.53 Å². The van der Waals surface area contributed by atoms with Gasteiger partial charge in [0.2, 0.25) is 0 Å². The van der Waals surface area contributed by atoms with Crippen LogP contribution in [-0.4, -0.2) is 28.7 Å². The van der Waals surface area contributed by atoms with Gasteiger partial charge in [0.05, 0.1) is 24.8 Å². The lowest BCUT2D eigenvalue weighted by atomic mass is 10.1. The Hall–Kier alpha value is -1.36. The maximum Gasteiger partial charge on any atom is 0.329 e. The molecule has 0 radical (unpaired) electrons.